The molecule has 0 saturated heterocycles. The highest BCUT2D eigenvalue weighted by Crippen LogP contribution is 2.18. The van der Waals surface area contributed by atoms with Crippen LogP contribution in [0.15, 0.2) is 6.07 Å². The summed E-state index contributed by atoms with van der Waals surface area (Å²) in [4.78, 5) is 9.16. The molecule has 2 N–H and O–H groups in total. The zero-order valence-electron chi connectivity index (χ0n) is 13.0. The Balaban J connectivity index is 2.86. The van der Waals surface area contributed by atoms with Gasteiger partial charge in [0, 0.05) is 24.6 Å². The van der Waals surface area contributed by atoms with Crippen LogP contribution in [0, 0.1) is 0 Å². The van der Waals surface area contributed by atoms with E-state index in [0.29, 0.717) is 12.0 Å². The minimum atomic E-state index is 0.338. The Bertz CT molecular complexity index is 376. The van der Waals surface area contributed by atoms with Crippen LogP contribution in [0.25, 0.3) is 0 Å². The smallest absolute Gasteiger partial charge is 0.135 e. The average molecular weight is 264 g/mol. The van der Waals surface area contributed by atoms with E-state index in [4.69, 9.17) is 0 Å². The molecule has 1 aromatic heterocycles. The van der Waals surface area contributed by atoms with Crippen molar-refractivity contribution in [2.24, 2.45) is 0 Å². The van der Waals surface area contributed by atoms with Gasteiger partial charge < -0.3 is 10.6 Å². The van der Waals surface area contributed by atoms with Crippen LogP contribution >= 0.6 is 0 Å². The van der Waals surface area contributed by atoms with Gasteiger partial charge in [-0.15, -0.1) is 0 Å². The predicted molar refractivity (Wildman–Crippen MR) is 82.9 cm³/mol. The maximum Gasteiger partial charge on any atom is 0.135 e. The fraction of sp³-hybridized carbons (Fsp3) is 0.733. The van der Waals surface area contributed by atoms with E-state index < -0.39 is 0 Å². The number of nitrogens with one attached hydrogen (secondary N) is 2. The molecule has 1 unspecified atom stereocenters. The largest absolute Gasteiger partial charge is 0.370 e. The average Bonchev–Trinajstić information content (AvgIpc) is 2.36. The third-order valence-electron chi connectivity index (χ3n) is 2.93. The van der Waals surface area contributed by atoms with E-state index in [1.54, 1.807) is 0 Å². The lowest BCUT2D eigenvalue weighted by Gasteiger charge is -2.16. The molecule has 0 aliphatic heterocycles. The second-order valence-electron chi connectivity index (χ2n) is 5.41. The lowest BCUT2D eigenvalue weighted by Crippen LogP contribution is -2.17. The summed E-state index contributed by atoms with van der Waals surface area (Å²) < 4.78 is 0. The van der Waals surface area contributed by atoms with Crippen molar-refractivity contribution in [1.82, 2.24) is 9.97 Å². The standard InChI is InChI=1S/C15H28N4/c1-6-8-12(5)17-14-10-13(16-9-7-2)18-15(19-14)11(3)4/h10-12H,6-9H2,1-5H3,(H2,16,17,18,19). The summed E-state index contributed by atoms with van der Waals surface area (Å²) in [6.45, 7) is 11.7. The van der Waals surface area contributed by atoms with Crippen LogP contribution in [-0.4, -0.2) is 22.6 Å². The van der Waals surface area contributed by atoms with Gasteiger partial charge in [-0.3, -0.25) is 0 Å². The third kappa shape index (κ3) is 5.45. The van der Waals surface area contributed by atoms with Gasteiger partial charge in [0.25, 0.3) is 0 Å². The number of nitrogens with zero attached hydrogens (tertiary/aromatic N) is 2. The molecule has 1 rings (SSSR count). The van der Waals surface area contributed by atoms with Crippen molar-refractivity contribution < 1.29 is 0 Å². The summed E-state index contributed by atoms with van der Waals surface area (Å²) in [6, 6.07) is 2.45. The Kier molecular flexibility index (Phi) is 6.60. The molecule has 108 valence electrons. The zero-order valence-corrected chi connectivity index (χ0v) is 13.0. The first-order valence-corrected chi connectivity index (χ1v) is 7.46. The number of rotatable bonds is 8. The number of anilines is 2. The maximum atomic E-state index is 4.60. The molecule has 0 spiro atoms. The summed E-state index contributed by atoms with van der Waals surface area (Å²) in [7, 11) is 0. The van der Waals surface area contributed by atoms with Gasteiger partial charge in [-0.2, -0.15) is 0 Å². The number of aromatic nitrogens is 2. The molecule has 1 heterocycles. The quantitative estimate of drug-likeness (QED) is 0.744. The van der Waals surface area contributed by atoms with Crippen LogP contribution < -0.4 is 10.6 Å². The van der Waals surface area contributed by atoms with Crippen LogP contribution in [0.1, 0.15) is 65.6 Å². The normalized spacial score (nSPS) is 12.5. The highest BCUT2D eigenvalue weighted by Gasteiger charge is 2.09. The molecule has 4 heteroatoms. The minimum absolute atomic E-state index is 0.338. The minimum Gasteiger partial charge on any atom is -0.370 e. The van der Waals surface area contributed by atoms with Crippen molar-refractivity contribution in [2.75, 3.05) is 17.2 Å². The van der Waals surface area contributed by atoms with Gasteiger partial charge in [0.1, 0.15) is 17.5 Å². The van der Waals surface area contributed by atoms with E-state index in [1.165, 1.54) is 6.42 Å². The summed E-state index contributed by atoms with van der Waals surface area (Å²) >= 11 is 0. The summed E-state index contributed by atoms with van der Waals surface area (Å²) in [6.07, 6.45) is 3.42. The Hall–Kier alpha value is -1.32. The number of hydrogen-bond acceptors (Lipinski definition) is 4. The first kappa shape index (κ1) is 15.7. The molecule has 4 nitrogen and oxygen atoms in total. The van der Waals surface area contributed by atoms with E-state index in [9.17, 15) is 0 Å². The fourth-order valence-corrected chi connectivity index (χ4v) is 1.90. The Morgan fingerprint density at radius 2 is 1.74 bits per heavy atom. The molecule has 0 saturated carbocycles. The highest BCUT2D eigenvalue weighted by molar-refractivity contribution is 5.48. The van der Waals surface area contributed by atoms with Crippen LogP contribution in [0.3, 0.4) is 0 Å². The van der Waals surface area contributed by atoms with E-state index in [1.807, 2.05) is 6.07 Å². The SMILES string of the molecule is CCCNc1cc(NC(C)CCC)nc(C(C)C)n1. The molecule has 1 aromatic rings. The summed E-state index contributed by atoms with van der Waals surface area (Å²) in [5.41, 5.74) is 0. The zero-order chi connectivity index (χ0) is 14.3. The monoisotopic (exact) mass is 264 g/mol. The van der Waals surface area contributed by atoms with Crippen LogP contribution in [0.4, 0.5) is 11.6 Å². The van der Waals surface area contributed by atoms with Crippen LogP contribution in [0.5, 0.6) is 0 Å². The van der Waals surface area contributed by atoms with Gasteiger partial charge in [0.05, 0.1) is 0 Å². The molecular weight excluding hydrogens is 236 g/mol. The van der Waals surface area contributed by atoms with Gasteiger partial charge in [-0.25, -0.2) is 9.97 Å². The van der Waals surface area contributed by atoms with Gasteiger partial charge in [-0.05, 0) is 19.8 Å². The number of hydrogen-bond donors (Lipinski definition) is 2. The second-order valence-corrected chi connectivity index (χ2v) is 5.41. The van der Waals surface area contributed by atoms with Crippen molar-refractivity contribution in [1.29, 1.82) is 0 Å². The van der Waals surface area contributed by atoms with Gasteiger partial charge in [0.2, 0.25) is 0 Å². The second kappa shape index (κ2) is 7.97. The highest BCUT2D eigenvalue weighted by atomic mass is 15.1. The van der Waals surface area contributed by atoms with Crippen molar-refractivity contribution in [3.8, 4) is 0 Å². The lowest BCUT2D eigenvalue weighted by atomic mass is 10.2. The first-order chi connectivity index (χ1) is 9.06. The van der Waals surface area contributed by atoms with Crippen molar-refractivity contribution in [3.05, 3.63) is 11.9 Å². The van der Waals surface area contributed by atoms with Gasteiger partial charge >= 0.3 is 0 Å². The molecule has 0 aliphatic carbocycles. The first-order valence-electron chi connectivity index (χ1n) is 7.46. The van der Waals surface area contributed by atoms with Gasteiger partial charge in [-0.1, -0.05) is 34.1 Å². The molecule has 0 amide bonds. The summed E-state index contributed by atoms with van der Waals surface area (Å²) in [5.74, 6) is 3.09. The topological polar surface area (TPSA) is 49.8 Å². The van der Waals surface area contributed by atoms with E-state index in [2.05, 4.69) is 55.2 Å². The van der Waals surface area contributed by atoms with E-state index in [0.717, 1.165) is 36.8 Å². The molecule has 0 aromatic carbocycles. The Labute approximate surface area is 117 Å². The molecule has 1 atom stereocenters. The maximum absolute atomic E-state index is 4.60. The lowest BCUT2D eigenvalue weighted by molar-refractivity contribution is 0.683. The van der Waals surface area contributed by atoms with Crippen LogP contribution in [-0.2, 0) is 0 Å². The fourth-order valence-electron chi connectivity index (χ4n) is 1.90. The van der Waals surface area contributed by atoms with Gasteiger partial charge in [0.15, 0.2) is 0 Å². The molecule has 0 radical (unpaired) electrons. The van der Waals surface area contributed by atoms with E-state index in [-0.39, 0.29) is 0 Å². The molecule has 0 bridgehead atoms. The Morgan fingerprint density at radius 1 is 1.05 bits per heavy atom. The van der Waals surface area contributed by atoms with E-state index >= 15 is 0 Å². The van der Waals surface area contributed by atoms with Crippen molar-refractivity contribution >= 4 is 11.6 Å². The molecule has 0 aliphatic rings. The van der Waals surface area contributed by atoms with Crippen LogP contribution in [0.2, 0.25) is 0 Å². The van der Waals surface area contributed by atoms with Crippen molar-refractivity contribution in [3.63, 3.8) is 0 Å². The molecule has 19 heavy (non-hydrogen) atoms. The predicted octanol–water partition coefficient (Wildman–Crippen LogP) is 4.02. The van der Waals surface area contributed by atoms with Crippen molar-refractivity contribution in [2.45, 2.75) is 65.8 Å². The molecule has 0 fully saturated rings. The third-order valence-corrected chi connectivity index (χ3v) is 2.93. The summed E-state index contributed by atoms with van der Waals surface area (Å²) in [5, 5.41) is 6.81. The molecular formula is C15H28N4. The Morgan fingerprint density at radius 3 is 2.32 bits per heavy atom.